The molecule has 147 heavy (non-hydrogen) atoms. The highest BCUT2D eigenvalue weighted by Crippen LogP contribution is 2.75. The fourth-order valence-corrected chi connectivity index (χ4v) is 23.9. The van der Waals surface area contributed by atoms with Crippen molar-refractivity contribution in [2.45, 2.75) is 118 Å². The third kappa shape index (κ3) is 17.8. The minimum atomic E-state index is -4.67. The predicted molar refractivity (Wildman–Crippen MR) is 509 cm³/mol. The Balaban J connectivity index is 0.000000134. The SMILES string of the molecule is COc1cncc2c1[C@]1(O)[C@H](O)[C@H](C(=O)NCC(F)(F)F)[C@@H](c3ccccc3)[C@]1(c1ccc(Br)cc1)O2.COc1cncc2c1[C@]1(O)[C@H](O)[C@H](CNCC(F)(F)F)[C@@H](c3ccccc3)[C@]1(c1ccc(Br)cc1)O2.COc1cncc2c1[C@]1(O)[C@H](O)[C@H](CNCC(F)(F)F)[C@@H](c3ccccc3)[C@]1(c1ccc(C#N)cc1)O2.COc1cncc2c1[C@]1(O)[C@H](O)[C@H](CNCC(F)(F)F)[C@@H](c3ccccc3)[C@]1(c1ccc(C#N)cc1)O2. The van der Waals surface area contributed by atoms with Gasteiger partial charge in [0.2, 0.25) is 5.91 Å². The maximum Gasteiger partial charge on any atom is 0.405 e. The highest BCUT2D eigenvalue weighted by atomic mass is 79.9. The van der Waals surface area contributed by atoms with Gasteiger partial charge in [-0.3, -0.25) is 24.7 Å². The number of ether oxygens (including phenoxy) is 8. The first-order valence-electron chi connectivity index (χ1n) is 45.9. The summed E-state index contributed by atoms with van der Waals surface area (Å²) in [7, 11) is 5.55. The molecule has 4 saturated carbocycles. The maximum atomic E-state index is 13.4. The normalized spacial score (nSPS) is 28.4. The van der Waals surface area contributed by atoms with E-state index in [0.717, 1.165) is 8.95 Å². The smallest absolute Gasteiger partial charge is 0.405 e. The third-order valence-electron chi connectivity index (χ3n) is 28.9. The Bertz CT molecular complexity index is 6650. The van der Waals surface area contributed by atoms with Gasteiger partial charge in [-0.1, -0.05) is 202 Å². The highest BCUT2D eigenvalue weighted by molar-refractivity contribution is 9.10. The summed E-state index contributed by atoms with van der Waals surface area (Å²) in [6, 6.07) is 66.1. The molecule has 0 spiro atoms. The Hall–Kier alpha value is -13.1. The van der Waals surface area contributed by atoms with Gasteiger partial charge in [-0.05, 0) is 93.0 Å². The van der Waals surface area contributed by atoms with Crippen LogP contribution >= 0.6 is 31.9 Å². The van der Waals surface area contributed by atoms with E-state index in [1.807, 2.05) is 23.5 Å². The zero-order chi connectivity index (χ0) is 105. The Morgan fingerprint density at radius 2 is 0.578 bits per heavy atom. The fraction of sp³-hybridized carbons (Fsp3) is 0.330. The van der Waals surface area contributed by atoms with Crippen LogP contribution in [0.5, 0.6) is 46.0 Å². The van der Waals surface area contributed by atoms with Crippen LogP contribution in [-0.4, -0.2) is 190 Å². The molecular formula is C106H94Br2F12N10O17. The molecule has 0 unspecified atom stereocenters. The second kappa shape index (κ2) is 40.5. The van der Waals surface area contributed by atoms with Crippen LogP contribution in [0, 0.1) is 46.3 Å². The molecule has 8 aromatic carbocycles. The summed E-state index contributed by atoms with van der Waals surface area (Å²) in [5.41, 5.74) is -9.70. The van der Waals surface area contributed by atoms with E-state index >= 15 is 0 Å². The first-order valence-corrected chi connectivity index (χ1v) is 47.5. The molecule has 4 fully saturated rings. The third-order valence-corrected chi connectivity index (χ3v) is 29.9. The standard InChI is InChI=1S/2C27H24F3N3O4.C26H22BrF3N2O5.C26H24BrF3N2O4/c2*1-36-20-13-32-14-21-23(20)26(35)24(34)19(12-33-15-25(28,29)30)22(17-5-3-2-4-6-17)27(26,37-21)18-9-7-16(11-31)8-10-18;1-36-17-11-31-12-18-21(17)25(35)22(33)19(23(34)32-13-24(28,29)30)20(14-5-3-2-4-6-14)26(25,37-18)15-7-9-16(27)10-8-15;1-35-19-12-31-13-20-22(19)25(34)23(33)18(11-32-14-24(28,29)30)21(15-5-3-2-4-6-15)26(25,36-20)16-7-9-17(27)10-8-16/h2*2-10,13-14,19,22,24,33-35H,12,15H2,1H3;2-12,19-20,22,33,35H,13H2,1H3,(H,32,34);2-10,12-13,18,21,23,32-34H,11,14H2,1H3/t2*19-,22-,24-,26+,27+;19-,20-,22-,25+,26+;18-,21-,23-,25+,26+/m1111/s1. The Kier molecular flexibility index (Phi) is 29.0. The van der Waals surface area contributed by atoms with Gasteiger partial charge in [0.15, 0.2) is 44.8 Å². The molecule has 1 amide bonds. The summed E-state index contributed by atoms with van der Waals surface area (Å²) < 4.78 is 206. The summed E-state index contributed by atoms with van der Waals surface area (Å²) in [5.74, 6) is -7.33. The molecule has 0 saturated heterocycles. The monoisotopic (exact) mass is 2160 g/mol. The van der Waals surface area contributed by atoms with Crippen LogP contribution in [0.1, 0.15) is 102 Å². The number of amides is 1. The van der Waals surface area contributed by atoms with E-state index in [1.165, 1.54) is 78.0 Å². The molecule has 12 N–H and O–H groups in total. The van der Waals surface area contributed by atoms with E-state index in [1.54, 1.807) is 200 Å². The van der Waals surface area contributed by atoms with E-state index in [9.17, 15) is 109 Å². The predicted octanol–water partition coefficient (Wildman–Crippen LogP) is 14.8. The van der Waals surface area contributed by atoms with E-state index in [0.29, 0.717) is 55.6 Å². The molecule has 4 aromatic heterocycles. The summed E-state index contributed by atoms with van der Waals surface area (Å²) in [6.07, 6.45) is -13.4. The van der Waals surface area contributed by atoms with Crippen molar-refractivity contribution in [1.29, 1.82) is 10.5 Å². The summed E-state index contributed by atoms with van der Waals surface area (Å²) >= 11 is 6.81. The lowest BCUT2D eigenvalue weighted by Crippen LogP contribution is -2.52. The number of hydrogen-bond donors (Lipinski definition) is 12. The fourth-order valence-electron chi connectivity index (χ4n) is 23.4. The molecule has 0 radical (unpaired) electrons. The van der Waals surface area contributed by atoms with Crippen LogP contribution in [0.15, 0.2) is 277 Å². The lowest BCUT2D eigenvalue weighted by molar-refractivity contribution is -0.156. The number of nitrogens with zero attached hydrogens (tertiary/aromatic N) is 6. The zero-order valence-electron chi connectivity index (χ0n) is 78.0. The van der Waals surface area contributed by atoms with Crippen LogP contribution in [0.3, 0.4) is 0 Å². The van der Waals surface area contributed by atoms with E-state index in [4.69, 9.17) is 37.9 Å². The van der Waals surface area contributed by atoms with Gasteiger partial charge in [0.25, 0.3) is 0 Å². The number of nitriles is 2. The highest BCUT2D eigenvalue weighted by Gasteiger charge is 2.82. The number of pyridine rings is 4. The van der Waals surface area contributed by atoms with Gasteiger partial charge in [-0.25, -0.2) is 0 Å². The minimum absolute atomic E-state index is 0.0625. The molecule has 4 aliphatic heterocycles. The van der Waals surface area contributed by atoms with Crippen molar-refractivity contribution in [3.8, 4) is 58.1 Å². The summed E-state index contributed by atoms with van der Waals surface area (Å²) in [6.45, 7) is -6.07. The number of alkyl halides is 12. The lowest BCUT2D eigenvalue weighted by atomic mass is 9.70. The topological polar surface area (TPSA) is 400 Å². The number of aromatic nitrogens is 4. The second-order valence-electron chi connectivity index (χ2n) is 36.6. The first kappa shape index (κ1) is 105. The van der Waals surface area contributed by atoms with Crippen LogP contribution in [-0.2, 0) is 49.6 Å². The van der Waals surface area contributed by atoms with Crippen molar-refractivity contribution in [3.63, 3.8) is 0 Å². The van der Waals surface area contributed by atoms with Gasteiger partial charge in [-0.2, -0.15) is 63.2 Å². The number of rotatable bonds is 23. The molecular weight excluding hydrogens is 2070 g/mol. The number of halogens is 14. The van der Waals surface area contributed by atoms with Crippen LogP contribution in [0.25, 0.3) is 0 Å². The number of carbonyl (C=O) groups is 1. The van der Waals surface area contributed by atoms with Crippen molar-refractivity contribution in [3.05, 3.63) is 355 Å². The molecule has 20 rings (SSSR count). The first-order chi connectivity index (χ1) is 70.0. The molecule has 4 aliphatic carbocycles. The molecule has 0 bridgehead atoms. The average Bonchev–Trinajstić information content (AvgIpc) is 1.51. The Labute approximate surface area is 849 Å². The maximum absolute atomic E-state index is 13.4. The number of carbonyl (C=O) groups excluding carboxylic acids is 1. The quantitative estimate of drug-likeness (QED) is 0.0265. The van der Waals surface area contributed by atoms with Gasteiger partial charge >= 0.3 is 24.7 Å². The van der Waals surface area contributed by atoms with Crippen molar-refractivity contribution < 1.29 is 136 Å². The second-order valence-corrected chi connectivity index (χ2v) is 38.4. The number of methoxy groups -OCH3 is 4. The van der Waals surface area contributed by atoms with Gasteiger partial charge in [0.05, 0.1) is 167 Å². The lowest BCUT2D eigenvalue weighted by Gasteiger charge is -2.41. The van der Waals surface area contributed by atoms with Gasteiger partial charge in [-0.15, -0.1) is 0 Å². The van der Waals surface area contributed by atoms with Gasteiger partial charge in [0, 0.05) is 70.0 Å². The van der Waals surface area contributed by atoms with E-state index < -0.39 is 173 Å². The van der Waals surface area contributed by atoms with Crippen LogP contribution in [0.2, 0.25) is 0 Å². The van der Waals surface area contributed by atoms with Gasteiger partial charge in [0.1, 0.15) is 58.6 Å². The van der Waals surface area contributed by atoms with Crippen molar-refractivity contribution >= 4 is 37.8 Å². The Morgan fingerprint density at radius 3 is 0.816 bits per heavy atom. The number of nitrogens with one attached hydrogen (secondary N) is 4. The molecule has 41 heteroatoms. The number of benzene rings is 8. The summed E-state index contributed by atoms with van der Waals surface area (Å²) in [4.78, 5) is 29.9. The van der Waals surface area contributed by atoms with E-state index in [2.05, 4.69) is 79.9 Å². The molecule has 8 aliphatic rings. The molecule has 8 heterocycles. The largest absolute Gasteiger partial charge is 0.495 e. The Morgan fingerprint density at radius 1 is 0.347 bits per heavy atom. The van der Waals surface area contributed by atoms with Crippen LogP contribution < -0.4 is 59.2 Å². The average molecular weight is 2170 g/mol. The molecule has 20 atom stereocenters. The van der Waals surface area contributed by atoms with Gasteiger partial charge < -0.3 is 100 Å². The van der Waals surface area contributed by atoms with E-state index in [-0.39, 0.29) is 87.9 Å². The number of aliphatic hydroxyl groups excluding tert-OH is 4. The van der Waals surface area contributed by atoms with Crippen molar-refractivity contribution in [2.75, 3.05) is 74.3 Å². The summed E-state index contributed by atoms with van der Waals surface area (Å²) in [5, 5.41) is 125. The van der Waals surface area contributed by atoms with Crippen molar-refractivity contribution in [2.24, 2.45) is 23.7 Å². The van der Waals surface area contributed by atoms with Crippen molar-refractivity contribution in [1.82, 2.24) is 41.2 Å². The minimum Gasteiger partial charge on any atom is -0.495 e. The van der Waals surface area contributed by atoms with Crippen LogP contribution in [0.4, 0.5) is 52.7 Å². The molecule has 12 aromatic rings. The zero-order valence-corrected chi connectivity index (χ0v) is 81.2. The number of fused-ring (bicyclic) bond motifs is 12. The number of hydrogen-bond acceptors (Lipinski definition) is 26. The number of aliphatic hydroxyl groups is 8. The molecule has 768 valence electrons. The molecule has 27 nitrogen and oxygen atoms in total.